The number of para-hydroxylation sites is 1. The molecule has 0 aliphatic heterocycles. The highest BCUT2D eigenvalue weighted by Crippen LogP contribution is 2.31. The van der Waals surface area contributed by atoms with Crippen LogP contribution in [0, 0.1) is 0 Å². The maximum atomic E-state index is 11.1. The maximum Gasteiger partial charge on any atom is 0.337 e. The Morgan fingerprint density at radius 3 is 2.82 bits per heavy atom. The summed E-state index contributed by atoms with van der Waals surface area (Å²) < 4.78 is 0. The van der Waals surface area contributed by atoms with Crippen LogP contribution in [0.5, 0.6) is 0 Å². The number of H-pyrrole nitrogens is 1. The van der Waals surface area contributed by atoms with Gasteiger partial charge in [-0.25, -0.2) is 4.79 Å². The topological polar surface area (TPSA) is 53.1 Å². The first-order valence-electron chi connectivity index (χ1n) is 5.14. The molecule has 0 atom stereocenters. The molecule has 3 rings (SSSR count). The van der Waals surface area contributed by atoms with Crippen molar-refractivity contribution in [1.29, 1.82) is 0 Å². The number of nitrogens with one attached hydrogen (secondary N) is 1. The van der Waals surface area contributed by atoms with Crippen molar-refractivity contribution in [2.45, 2.75) is 0 Å². The van der Waals surface area contributed by atoms with Gasteiger partial charge in [0.1, 0.15) is 0 Å². The number of fused-ring (bicyclic) bond motifs is 1. The number of hydrogen-bond acceptors (Lipinski definition) is 2. The molecule has 0 bridgehead atoms. The largest absolute Gasteiger partial charge is 0.478 e. The molecule has 0 saturated heterocycles. The molecular formula is C13H9NO2S. The van der Waals surface area contributed by atoms with E-state index in [1.54, 1.807) is 11.4 Å². The molecule has 3 nitrogen and oxygen atoms in total. The lowest BCUT2D eigenvalue weighted by molar-refractivity contribution is 0.0698. The summed E-state index contributed by atoms with van der Waals surface area (Å²) in [5.74, 6) is -0.889. The molecule has 0 radical (unpaired) electrons. The van der Waals surface area contributed by atoms with Crippen molar-refractivity contribution >= 4 is 28.2 Å². The number of carboxylic acids is 1. The van der Waals surface area contributed by atoms with Crippen molar-refractivity contribution < 1.29 is 9.90 Å². The van der Waals surface area contributed by atoms with Crippen LogP contribution in [0.2, 0.25) is 0 Å². The van der Waals surface area contributed by atoms with E-state index in [1.807, 2.05) is 30.3 Å². The Morgan fingerprint density at radius 1 is 1.24 bits per heavy atom. The molecule has 0 aliphatic carbocycles. The Morgan fingerprint density at radius 2 is 2.06 bits per heavy atom. The van der Waals surface area contributed by atoms with Gasteiger partial charge in [0, 0.05) is 10.9 Å². The molecule has 1 aromatic carbocycles. The first-order valence-corrected chi connectivity index (χ1v) is 6.02. The standard InChI is InChI=1S/C13H9NO2S/c15-13(16)9-5-6-17-12(9)11-7-8-3-1-2-4-10(8)14-11/h1-7,14H,(H,15,16). The minimum absolute atomic E-state index is 0.349. The van der Waals surface area contributed by atoms with E-state index in [2.05, 4.69) is 4.98 Å². The Bertz CT molecular complexity index is 663. The van der Waals surface area contributed by atoms with Crippen molar-refractivity contribution in [3.63, 3.8) is 0 Å². The van der Waals surface area contributed by atoms with Gasteiger partial charge in [0.2, 0.25) is 0 Å². The number of carbonyl (C=O) groups is 1. The first kappa shape index (κ1) is 10.1. The SMILES string of the molecule is O=C(O)c1ccsc1-c1cc2ccccc2[nH]1. The van der Waals surface area contributed by atoms with E-state index in [-0.39, 0.29) is 0 Å². The average Bonchev–Trinajstić information content (AvgIpc) is 2.95. The highest BCUT2D eigenvalue weighted by atomic mass is 32.1. The van der Waals surface area contributed by atoms with Crippen molar-refractivity contribution in [3.05, 3.63) is 47.3 Å². The Hall–Kier alpha value is -2.07. The van der Waals surface area contributed by atoms with E-state index in [9.17, 15) is 4.79 Å². The molecule has 17 heavy (non-hydrogen) atoms. The highest BCUT2D eigenvalue weighted by Gasteiger charge is 2.14. The zero-order chi connectivity index (χ0) is 11.8. The minimum atomic E-state index is -0.889. The summed E-state index contributed by atoms with van der Waals surface area (Å²) in [6.07, 6.45) is 0. The number of thiophene rings is 1. The fourth-order valence-electron chi connectivity index (χ4n) is 1.88. The molecule has 0 saturated carbocycles. The van der Waals surface area contributed by atoms with Crippen LogP contribution in [0.4, 0.5) is 0 Å². The van der Waals surface area contributed by atoms with E-state index in [0.717, 1.165) is 21.5 Å². The van der Waals surface area contributed by atoms with Crippen molar-refractivity contribution in [3.8, 4) is 10.6 Å². The summed E-state index contributed by atoms with van der Waals surface area (Å²) in [5.41, 5.74) is 2.23. The maximum absolute atomic E-state index is 11.1. The first-order chi connectivity index (χ1) is 8.25. The Labute approximate surface area is 101 Å². The molecule has 0 aliphatic rings. The van der Waals surface area contributed by atoms with Gasteiger partial charge in [-0.1, -0.05) is 18.2 Å². The number of carboxylic acid groups (broad SMARTS) is 1. The molecular weight excluding hydrogens is 234 g/mol. The van der Waals surface area contributed by atoms with Gasteiger partial charge in [-0.3, -0.25) is 0 Å². The summed E-state index contributed by atoms with van der Waals surface area (Å²) in [5, 5.41) is 12.0. The van der Waals surface area contributed by atoms with Gasteiger partial charge in [0.15, 0.2) is 0 Å². The molecule has 4 heteroatoms. The quantitative estimate of drug-likeness (QED) is 0.722. The lowest BCUT2D eigenvalue weighted by atomic mass is 10.2. The van der Waals surface area contributed by atoms with Gasteiger partial charge in [0.25, 0.3) is 0 Å². The predicted octanol–water partition coefficient (Wildman–Crippen LogP) is 3.59. The van der Waals surface area contributed by atoms with Crippen LogP contribution in [0.3, 0.4) is 0 Å². The third-order valence-electron chi connectivity index (χ3n) is 2.67. The van der Waals surface area contributed by atoms with Crippen LogP contribution in [-0.4, -0.2) is 16.1 Å². The van der Waals surface area contributed by atoms with Gasteiger partial charge in [-0.15, -0.1) is 11.3 Å². The Kier molecular flexibility index (Phi) is 2.23. The molecule has 2 N–H and O–H groups in total. The highest BCUT2D eigenvalue weighted by molar-refractivity contribution is 7.14. The molecule has 3 aromatic rings. The second-order valence-corrected chi connectivity index (χ2v) is 4.65. The third kappa shape index (κ3) is 1.62. The van der Waals surface area contributed by atoms with Crippen LogP contribution in [-0.2, 0) is 0 Å². The second-order valence-electron chi connectivity index (χ2n) is 3.74. The van der Waals surface area contributed by atoms with Crippen molar-refractivity contribution in [1.82, 2.24) is 4.98 Å². The van der Waals surface area contributed by atoms with Gasteiger partial charge >= 0.3 is 5.97 Å². The zero-order valence-corrected chi connectivity index (χ0v) is 9.62. The zero-order valence-electron chi connectivity index (χ0n) is 8.81. The van der Waals surface area contributed by atoms with E-state index < -0.39 is 5.97 Å². The van der Waals surface area contributed by atoms with Crippen LogP contribution in [0.1, 0.15) is 10.4 Å². The van der Waals surface area contributed by atoms with Crippen LogP contribution in [0.25, 0.3) is 21.5 Å². The lowest BCUT2D eigenvalue weighted by Gasteiger charge is -1.95. The minimum Gasteiger partial charge on any atom is -0.478 e. The summed E-state index contributed by atoms with van der Waals surface area (Å²) in [6, 6.07) is 11.5. The van der Waals surface area contributed by atoms with E-state index in [1.165, 1.54) is 11.3 Å². The number of hydrogen-bond donors (Lipinski definition) is 2. The number of aromatic nitrogens is 1. The summed E-state index contributed by atoms with van der Waals surface area (Å²) in [4.78, 5) is 15.1. The summed E-state index contributed by atoms with van der Waals surface area (Å²) in [6.45, 7) is 0. The fraction of sp³-hybridized carbons (Fsp3) is 0. The van der Waals surface area contributed by atoms with Crippen LogP contribution < -0.4 is 0 Å². The lowest BCUT2D eigenvalue weighted by Crippen LogP contribution is -1.95. The molecule has 2 heterocycles. The normalized spacial score (nSPS) is 10.8. The van der Waals surface area contributed by atoms with Crippen molar-refractivity contribution in [2.24, 2.45) is 0 Å². The van der Waals surface area contributed by atoms with Gasteiger partial charge in [0.05, 0.1) is 16.1 Å². The number of aromatic amines is 1. The number of benzene rings is 1. The molecule has 0 fully saturated rings. The second kappa shape index (κ2) is 3.75. The smallest absolute Gasteiger partial charge is 0.337 e. The molecule has 84 valence electrons. The van der Waals surface area contributed by atoms with E-state index in [4.69, 9.17) is 5.11 Å². The molecule has 2 aromatic heterocycles. The van der Waals surface area contributed by atoms with Crippen LogP contribution >= 0.6 is 11.3 Å². The van der Waals surface area contributed by atoms with Crippen LogP contribution in [0.15, 0.2) is 41.8 Å². The van der Waals surface area contributed by atoms with Gasteiger partial charge in [-0.2, -0.15) is 0 Å². The van der Waals surface area contributed by atoms with Gasteiger partial charge < -0.3 is 10.1 Å². The fourth-order valence-corrected chi connectivity index (χ4v) is 2.74. The van der Waals surface area contributed by atoms with E-state index >= 15 is 0 Å². The molecule has 0 unspecified atom stereocenters. The Balaban J connectivity index is 2.20. The van der Waals surface area contributed by atoms with E-state index in [0.29, 0.717) is 5.56 Å². The number of aromatic carboxylic acids is 1. The average molecular weight is 243 g/mol. The molecule has 0 spiro atoms. The van der Waals surface area contributed by atoms with Crippen molar-refractivity contribution in [2.75, 3.05) is 0 Å². The molecule has 0 amide bonds. The summed E-state index contributed by atoms with van der Waals surface area (Å²) in [7, 11) is 0. The monoisotopic (exact) mass is 243 g/mol. The predicted molar refractivity (Wildman–Crippen MR) is 68.6 cm³/mol. The third-order valence-corrected chi connectivity index (χ3v) is 3.62. The van der Waals surface area contributed by atoms with Gasteiger partial charge in [-0.05, 0) is 23.6 Å². The number of rotatable bonds is 2. The summed E-state index contributed by atoms with van der Waals surface area (Å²) >= 11 is 1.43.